The number of anilines is 4. The molecule has 0 saturated carbocycles. The number of esters is 1. The highest BCUT2D eigenvalue weighted by atomic mass is 35.5. The SMILES string of the molecule is COC(=O)c1c(Cl)cccc1N(C)c1cnc(N)c(N2CCN(C(=O)OC(C)(C)C)CC2)c1. The first-order chi connectivity index (χ1) is 15.5. The van der Waals surface area contributed by atoms with E-state index in [1.807, 2.05) is 38.8 Å². The van der Waals surface area contributed by atoms with E-state index >= 15 is 0 Å². The van der Waals surface area contributed by atoms with Gasteiger partial charge in [0, 0.05) is 33.2 Å². The van der Waals surface area contributed by atoms with E-state index in [-0.39, 0.29) is 11.7 Å². The van der Waals surface area contributed by atoms with Crippen LogP contribution in [-0.4, -0.2) is 67.9 Å². The molecule has 33 heavy (non-hydrogen) atoms. The Morgan fingerprint density at radius 3 is 2.45 bits per heavy atom. The average molecular weight is 476 g/mol. The largest absolute Gasteiger partial charge is 0.465 e. The number of methoxy groups -OCH3 is 1. The van der Waals surface area contributed by atoms with Gasteiger partial charge < -0.3 is 29.9 Å². The third-order valence-corrected chi connectivity index (χ3v) is 5.60. The Balaban J connectivity index is 1.81. The molecule has 1 amide bonds. The molecule has 1 aliphatic heterocycles. The zero-order valence-electron chi connectivity index (χ0n) is 19.6. The van der Waals surface area contributed by atoms with Gasteiger partial charge in [-0.2, -0.15) is 0 Å². The highest BCUT2D eigenvalue weighted by Crippen LogP contribution is 2.35. The smallest absolute Gasteiger partial charge is 0.410 e. The lowest BCUT2D eigenvalue weighted by atomic mass is 10.1. The van der Waals surface area contributed by atoms with Crippen molar-refractivity contribution in [1.29, 1.82) is 0 Å². The average Bonchev–Trinajstić information content (AvgIpc) is 2.77. The molecule has 1 aromatic heterocycles. The Morgan fingerprint density at radius 1 is 1.18 bits per heavy atom. The number of hydrogen-bond acceptors (Lipinski definition) is 8. The predicted octanol–water partition coefficient (Wildman–Crippen LogP) is 3.93. The summed E-state index contributed by atoms with van der Waals surface area (Å²) in [6.07, 6.45) is 1.32. The Hall–Kier alpha value is -3.20. The van der Waals surface area contributed by atoms with E-state index in [9.17, 15) is 9.59 Å². The Labute approximate surface area is 199 Å². The summed E-state index contributed by atoms with van der Waals surface area (Å²) in [7, 11) is 3.13. The lowest BCUT2D eigenvalue weighted by molar-refractivity contribution is 0.0240. The highest BCUT2D eigenvalue weighted by molar-refractivity contribution is 6.34. The van der Waals surface area contributed by atoms with Gasteiger partial charge in [0.1, 0.15) is 17.0 Å². The van der Waals surface area contributed by atoms with Crippen LogP contribution in [0.15, 0.2) is 30.5 Å². The van der Waals surface area contributed by atoms with Crippen LogP contribution in [0.5, 0.6) is 0 Å². The molecule has 178 valence electrons. The van der Waals surface area contributed by atoms with Gasteiger partial charge in [0.05, 0.1) is 35.4 Å². The second-order valence-corrected chi connectivity index (χ2v) is 9.14. The number of amides is 1. The molecular formula is C23H30ClN5O4. The number of benzene rings is 1. The lowest BCUT2D eigenvalue weighted by Crippen LogP contribution is -2.50. The molecule has 2 N–H and O–H groups in total. The first kappa shape index (κ1) is 24.4. The van der Waals surface area contributed by atoms with E-state index in [2.05, 4.69) is 9.88 Å². The number of hydrogen-bond donors (Lipinski definition) is 1. The molecule has 1 fully saturated rings. The van der Waals surface area contributed by atoms with Gasteiger partial charge in [-0.1, -0.05) is 17.7 Å². The molecule has 1 saturated heterocycles. The minimum atomic E-state index is -0.537. The van der Waals surface area contributed by atoms with Crippen LogP contribution in [-0.2, 0) is 9.47 Å². The van der Waals surface area contributed by atoms with Crippen LogP contribution >= 0.6 is 11.6 Å². The van der Waals surface area contributed by atoms with E-state index in [1.165, 1.54) is 7.11 Å². The number of ether oxygens (including phenoxy) is 2. The fourth-order valence-corrected chi connectivity index (χ4v) is 3.83. The summed E-state index contributed by atoms with van der Waals surface area (Å²) in [4.78, 5) is 34.6. The number of rotatable bonds is 4. The number of nitrogens with two attached hydrogens (primary N) is 1. The van der Waals surface area contributed by atoms with Gasteiger partial charge >= 0.3 is 12.1 Å². The molecule has 3 rings (SSSR count). The van der Waals surface area contributed by atoms with Gasteiger partial charge in [0.25, 0.3) is 0 Å². The number of pyridine rings is 1. The van der Waals surface area contributed by atoms with Crippen LogP contribution in [0.4, 0.5) is 27.7 Å². The van der Waals surface area contributed by atoms with Crippen molar-refractivity contribution in [2.75, 3.05) is 55.9 Å². The summed E-state index contributed by atoms with van der Waals surface area (Å²) < 4.78 is 10.4. The van der Waals surface area contributed by atoms with Crippen LogP contribution in [0.3, 0.4) is 0 Å². The summed E-state index contributed by atoms with van der Waals surface area (Å²) in [6, 6.07) is 7.10. The van der Waals surface area contributed by atoms with Gasteiger partial charge in [-0.25, -0.2) is 14.6 Å². The third-order valence-electron chi connectivity index (χ3n) is 5.28. The van der Waals surface area contributed by atoms with E-state index in [0.717, 1.165) is 11.4 Å². The standard InChI is InChI=1S/C23H30ClN5O4/c1-23(2,3)33-22(31)29-11-9-28(10-12-29)18-13-15(14-26-20(18)25)27(4)17-8-6-7-16(24)19(17)21(30)32-5/h6-8,13-14H,9-12H2,1-5H3,(H2,25,26). The number of carbonyl (C=O) groups excluding carboxylic acids is 2. The summed E-state index contributed by atoms with van der Waals surface area (Å²) in [5.41, 5.74) is 7.99. The first-order valence-electron chi connectivity index (χ1n) is 10.6. The molecule has 0 unspecified atom stereocenters. The Morgan fingerprint density at radius 2 is 1.85 bits per heavy atom. The fraction of sp³-hybridized carbons (Fsp3) is 0.435. The number of halogens is 1. The molecule has 0 bridgehead atoms. The summed E-state index contributed by atoms with van der Waals surface area (Å²) >= 11 is 6.28. The van der Waals surface area contributed by atoms with Crippen molar-refractivity contribution in [2.45, 2.75) is 26.4 Å². The summed E-state index contributed by atoms with van der Waals surface area (Å²) in [5, 5.41) is 0.299. The van der Waals surface area contributed by atoms with Crippen molar-refractivity contribution in [2.24, 2.45) is 0 Å². The van der Waals surface area contributed by atoms with E-state index in [1.54, 1.807) is 29.3 Å². The lowest BCUT2D eigenvalue weighted by Gasteiger charge is -2.37. The molecule has 2 aromatic rings. The van der Waals surface area contributed by atoms with Gasteiger partial charge in [0.2, 0.25) is 0 Å². The van der Waals surface area contributed by atoms with Gasteiger partial charge in [-0.05, 0) is 39.0 Å². The van der Waals surface area contributed by atoms with E-state index in [0.29, 0.717) is 42.7 Å². The number of carbonyl (C=O) groups is 2. The molecule has 0 radical (unpaired) electrons. The van der Waals surface area contributed by atoms with Crippen LogP contribution in [0.2, 0.25) is 5.02 Å². The third kappa shape index (κ3) is 5.60. The fourth-order valence-electron chi connectivity index (χ4n) is 3.58. The molecule has 2 heterocycles. The van der Waals surface area contributed by atoms with E-state index in [4.69, 9.17) is 26.8 Å². The molecular weight excluding hydrogens is 446 g/mol. The predicted molar refractivity (Wildman–Crippen MR) is 130 cm³/mol. The van der Waals surface area contributed by atoms with Crippen molar-refractivity contribution < 1.29 is 19.1 Å². The maximum Gasteiger partial charge on any atom is 0.410 e. The van der Waals surface area contributed by atoms with Crippen LogP contribution in [0.1, 0.15) is 31.1 Å². The van der Waals surface area contributed by atoms with Crippen molar-refractivity contribution in [3.63, 3.8) is 0 Å². The maximum atomic E-state index is 12.4. The molecule has 1 aromatic carbocycles. The summed E-state index contributed by atoms with van der Waals surface area (Å²) in [6.45, 7) is 7.74. The molecule has 0 aliphatic carbocycles. The zero-order chi connectivity index (χ0) is 24.3. The second-order valence-electron chi connectivity index (χ2n) is 8.74. The normalized spacial score (nSPS) is 14.1. The first-order valence-corrected chi connectivity index (χ1v) is 11.0. The highest BCUT2D eigenvalue weighted by Gasteiger charge is 2.27. The quantitative estimate of drug-likeness (QED) is 0.664. The number of nitrogen functional groups attached to an aromatic ring is 1. The Kier molecular flexibility index (Phi) is 7.22. The molecule has 9 nitrogen and oxygen atoms in total. The van der Waals surface area contributed by atoms with Gasteiger partial charge in [-0.15, -0.1) is 0 Å². The molecule has 1 aliphatic rings. The van der Waals surface area contributed by atoms with Crippen molar-refractivity contribution in [3.05, 3.63) is 41.0 Å². The zero-order valence-corrected chi connectivity index (χ0v) is 20.3. The minimum Gasteiger partial charge on any atom is -0.465 e. The molecule has 0 atom stereocenters. The number of nitrogens with zero attached hydrogens (tertiary/aromatic N) is 4. The number of aromatic nitrogens is 1. The van der Waals surface area contributed by atoms with Crippen molar-refractivity contribution in [1.82, 2.24) is 9.88 Å². The summed E-state index contributed by atoms with van der Waals surface area (Å²) in [5.74, 6) is -0.138. The van der Waals surface area contributed by atoms with Gasteiger partial charge in [-0.3, -0.25) is 0 Å². The minimum absolute atomic E-state index is 0.272. The molecule has 10 heteroatoms. The van der Waals surface area contributed by atoms with Crippen LogP contribution < -0.4 is 15.5 Å². The molecule has 0 spiro atoms. The monoisotopic (exact) mass is 475 g/mol. The van der Waals surface area contributed by atoms with E-state index < -0.39 is 11.6 Å². The van der Waals surface area contributed by atoms with Gasteiger partial charge in [0.15, 0.2) is 0 Å². The maximum absolute atomic E-state index is 12.4. The van der Waals surface area contributed by atoms with Crippen molar-refractivity contribution in [3.8, 4) is 0 Å². The topological polar surface area (TPSA) is 101 Å². The number of piperazine rings is 1. The van der Waals surface area contributed by atoms with Crippen LogP contribution in [0, 0.1) is 0 Å². The Bertz CT molecular complexity index is 1030. The van der Waals surface area contributed by atoms with Crippen molar-refractivity contribution >= 4 is 46.5 Å². The van der Waals surface area contributed by atoms with Crippen LogP contribution in [0.25, 0.3) is 0 Å². The second kappa shape index (κ2) is 9.74.